The number of unbranched alkanes of at least 4 members (excludes halogenated alkanes) is 1. The molecular formula is C42H53N7O11S. The van der Waals surface area contributed by atoms with E-state index in [0.29, 0.717) is 18.4 Å². The molecule has 3 aromatic carbocycles. The molecule has 0 spiro atoms. The molecule has 0 aromatic heterocycles. The molecule has 0 unspecified atom stereocenters. The zero-order chi connectivity index (χ0) is 44.7. The van der Waals surface area contributed by atoms with Crippen molar-refractivity contribution in [3.05, 3.63) is 108 Å². The van der Waals surface area contributed by atoms with E-state index >= 15 is 0 Å². The highest BCUT2D eigenvalue weighted by Gasteiger charge is 2.38. The molecule has 6 amide bonds. The van der Waals surface area contributed by atoms with Crippen LogP contribution in [0.2, 0.25) is 0 Å². The predicted octanol–water partition coefficient (Wildman–Crippen LogP) is 3.68. The van der Waals surface area contributed by atoms with E-state index in [0.717, 1.165) is 22.3 Å². The Morgan fingerprint density at radius 2 is 1.43 bits per heavy atom. The maximum absolute atomic E-state index is 14.3. The van der Waals surface area contributed by atoms with E-state index in [9.17, 15) is 37.2 Å². The van der Waals surface area contributed by atoms with Gasteiger partial charge in [-0.05, 0) is 81.2 Å². The van der Waals surface area contributed by atoms with E-state index < -0.39 is 75.9 Å². The summed E-state index contributed by atoms with van der Waals surface area (Å²) < 4.78 is 46.3. The molecule has 0 heterocycles. The van der Waals surface area contributed by atoms with E-state index in [1.54, 1.807) is 51.1 Å². The molecule has 61 heavy (non-hydrogen) atoms. The molecule has 7 N–H and O–H groups in total. The molecule has 19 heteroatoms. The molecule has 18 nitrogen and oxygen atoms in total. The summed E-state index contributed by atoms with van der Waals surface area (Å²) in [4.78, 5) is 77.9. The molecule has 3 atom stereocenters. The number of amides is 6. The Bertz CT molecular complexity index is 2120. The lowest BCUT2D eigenvalue weighted by atomic mass is 9.98. The second kappa shape index (κ2) is 21.7. The summed E-state index contributed by atoms with van der Waals surface area (Å²) in [6, 6.07) is 18.8. The van der Waals surface area contributed by atoms with E-state index in [4.69, 9.17) is 19.9 Å². The van der Waals surface area contributed by atoms with Gasteiger partial charge in [-0.1, -0.05) is 95.9 Å². The van der Waals surface area contributed by atoms with Gasteiger partial charge in [0, 0.05) is 12.5 Å². The van der Waals surface area contributed by atoms with Gasteiger partial charge in [0.2, 0.25) is 11.8 Å². The van der Waals surface area contributed by atoms with Crippen molar-refractivity contribution in [1.82, 2.24) is 30.5 Å². The van der Waals surface area contributed by atoms with Gasteiger partial charge in [0.25, 0.3) is 5.91 Å². The van der Waals surface area contributed by atoms with Crippen molar-refractivity contribution in [1.29, 1.82) is 0 Å². The minimum Gasteiger partial charge on any atom is -0.446 e. The number of ether oxygens (including phenoxy) is 3. The number of carbonyl (C=O) groups excluding carboxylic acids is 6. The average Bonchev–Trinajstić information content (AvgIpc) is 3.52. The molecule has 0 aliphatic heterocycles. The number of primary amides is 1. The average molecular weight is 864 g/mol. The molecule has 0 saturated carbocycles. The number of nitrogens with zero attached hydrogens (tertiary/aromatic N) is 1. The van der Waals surface area contributed by atoms with Crippen LogP contribution >= 0.6 is 0 Å². The largest absolute Gasteiger partial charge is 0.446 e. The summed E-state index contributed by atoms with van der Waals surface area (Å²) in [5.74, 6) is -3.56. The number of carbonyl (C=O) groups is 6. The van der Waals surface area contributed by atoms with E-state index in [2.05, 4.69) is 27.3 Å². The molecular weight excluding hydrogens is 811 g/mol. The summed E-state index contributed by atoms with van der Waals surface area (Å²) >= 11 is 0. The van der Waals surface area contributed by atoms with Gasteiger partial charge in [-0.15, -0.1) is 0 Å². The van der Waals surface area contributed by atoms with Gasteiger partial charge in [-0.25, -0.2) is 19.8 Å². The molecule has 0 saturated heterocycles. The van der Waals surface area contributed by atoms with Gasteiger partial charge in [0.15, 0.2) is 0 Å². The van der Waals surface area contributed by atoms with Crippen molar-refractivity contribution in [3.63, 3.8) is 0 Å². The summed E-state index contributed by atoms with van der Waals surface area (Å²) in [6.45, 7) is 9.48. The van der Waals surface area contributed by atoms with Crippen LogP contribution in [-0.2, 0) is 45.2 Å². The molecule has 3 aromatic rings. The van der Waals surface area contributed by atoms with Crippen molar-refractivity contribution in [2.24, 2.45) is 5.73 Å². The maximum Gasteiger partial charge on any atom is 0.444 e. The molecule has 328 valence electrons. The standard InChI is InChI=1S/C42H53N7O11S/c1-6-24-58-40(54)45-27(2)37(51)47-49(41(55)59-26-33-31-20-12-10-18-29(31)30-19-11-13-21-32(30)33)61(56,57)48-35(25-28-16-8-7-9-17-28)38(52)46-34(36(43)50)22-14-15-23-44-39(53)60-42(3,4)5/h6-13,16-21,27,33-35,48H,1,14-15,22-26H2,2-5H3,(H2,43,50)(H,44,53)(H,45,54)(H,46,52)(H,47,51)/t27-,34-,35+/m0/s1. The Morgan fingerprint density at radius 1 is 0.820 bits per heavy atom. The van der Waals surface area contributed by atoms with Crippen LogP contribution in [-0.4, -0.2) is 92.3 Å². The molecule has 0 bridgehead atoms. The first kappa shape index (κ1) is 47.2. The summed E-state index contributed by atoms with van der Waals surface area (Å²) in [5.41, 5.74) is 10.9. The third-order valence-corrected chi connectivity index (χ3v) is 10.5. The van der Waals surface area contributed by atoms with Gasteiger partial charge >= 0.3 is 28.5 Å². The SMILES string of the molecule is C=CCOC(=O)N[C@@H](C)C(=O)NN(C(=O)OCC1c2ccccc2-c2ccccc21)S(=O)(=O)N[C@H](Cc1ccccc1)C(=O)N[C@@H](CCCCNC(=O)OC(C)(C)C)C(N)=O. The number of hydrogen-bond acceptors (Lipinski definition) is 11. The fourth-order valence-corrected chi connectivity index (χ4v) is 7.39. The van der Waals surface area contributed by atoms with E-state index in [1.165, 1.54) is 13.0 Å². The lowest BCUT2D eigenvalue weighted by Crippen LogP contribution is -2.61. The number of hydrogen-bond donors (Lipinski definition) is 6. The lowest BCUT2D eigenvalue weighted by Gasteiger charge is -2.27. The summed E-state index contributed by atoms with van der Waals surface area (Å²) in [6.07, 6.45) is -1.45. The minimum atomic E-state index is -5.24. The number of benzene rings is 3. The smallest absolute Gasteiger partial charge is 0.444 e. The van der Waals surface area contributed by atoms with E-state index in [1.807, 2.05) is 54.0 Å². The lowest BCUT2D eigenvalue weighted by molar-refractivity contribution is -0.128. The van der Waals surface area contributed by atoms with Gasteiger partial charge in [0.1, 0.15) is 36.9 Å². The number of alkyl carbamates (subject to hydrolysis) is 2. The fourth-order valence-electron chi connectivity index (χ4n) is 6.28. The zero-order valence-electron chi connectivity index (χ0n) is 34.5. The second-order valence-electron chi connectivity index (χ2n) is 15.1. The van der Waals surface area contributed by atoms with Gasteiger partial charge in [-0.3, -0.25) is 14.4 Å². The van der Waals surface area contributed by atoms with Crippen molar-refractivity contribution < 1.29 is 51.4 Å². The topological polar surface area (TPSA) is 254 Å². The van der Waals surface area contributed by atoms with Crippen molar-refractivity contribution in [3.8, 4) is 11.1 Å². The quantitative estimate of drug-likeness (QED) is 0.0439. The van der Waals surface area contributed by atoms with Crippen LogP contribution in [0.15, 0.2) is 91.5 Å². The number of fused-ring (bicyclic) bond motifs is 3. The third-order valence-electron chi connectivity index (χ3n) is 9.15. The van der Waals surface area contributed by atoms with Crippen LogP contribution in [0.3, 0.4) is 0 Å². The Balaban J connectivity index is 1.56. The first-order valence-corrected chi connectivity index (χ1v) is 21.0. The number of rotatable bonds is 19. The molecule has 0 fully saturated rings. The Hall–Kier alpha value is -6.47. The summed E-state index contributed by atoms with van der Waals surface area (Å²) in [7, 11) is -5.24. The number of hydrazine groups is 1. The molecule has 1 aliphatic rings. The number of nitrogens with one attached hydrogen (secondary N) is 5. The monoisotopic (exact) mass is 863 g/mol. The van der Waals surface area contributed by atoms with Crippen molar-refractivity contribution >= 4 is 46.2 Å². The van der Waals surface area contributed by atoms with Crippen LogP contribution in [0.25, 0.3) is 11.1 Å². The highest BCUT2D eigenvalue weighted by molar-refractivity contribution is 7.87. The highest BCUT2D eigenvalue weighted by atomic mass is 32.2. The first-order chi connectivity index (χ1) is 28.9. The van der Waals surface area contributed by atoms with Gasteiger partial charge in [-0.2, -0.15) is 13.1 Å². The molecule has 0 radical (unpaired) electrons. The Labute approximate surface area is 355 Å². The third kappa shape index (κ3) is 14.1. The van der Waals surface area contributed by atoms with Crippen LogP contribution < -0.4 is 31.8 Å². The first-order valence-electron chi connectivity index (χ1n) is 19.5. The fraction of sp³-hybridized carbons (Fsp3) is 0.381. The van der Waals surface area contributed by atoms with Crippen molar-refractivity contribution in [2.75, 3.05) is 19.8 Å². The maximum atomic E-state index is 14.3. The zero-order valence-corrected chi connectivity index (χ0v) is 35.3. The normalized spacial score (nSPS) is 13.5. The van der Waals surface area contributed by atoms with Gasteiger partial charge in [0.05, 0.1) is 0 Å². The Morgan fingerprint density at radius 3 is 2.02 bits per heavy atom. The number of nitrogens with two attached hydrogens (primary N) is 1. The molecule has 4 rings (SSSR count). The highest BCUT2D eigenvalue weighted by Crippen LogP contribution is 2.44. The van der Waals surface area contributed by atoms with Crippen molar-refractivity contribution in [2.45, 2.75) is 83.0 Å². The van der Waals surface area contributed by atoms with Crippen LogP contribution in [0.1, 0.15) is 69.6 Å². The predicted molar refractivity (Wildman–Crippen MR) is 224 cm³/mol. The summed E-state index contributed by atoms with van der Waals surface area (Å²) in [5, 5.41) is 7.32. The van der Waals surface area contributed by atoms with E-state index in [-0.39, 0.29) is 37.0 Å². The second-order valence-corrected chi connectivity index (χ2v) is 16.6. The van der Waals surface area contributed by atoms with Crippen LogP contribution in [0.5, 0.6) is 0 Å². The molecule has 1 aliphatic carbocycles. The van der Waals surface area contributed by atoms with Crippen LogP contribution in [0, 0.1) is 0 Å². The minimum absolute atomic E-state index is 0.0317. The van der Waals surface area contributed by atoms with Gasteiger partial charge < -0.3 is 35.9 Å². The Kier molecular flexibility index (Phi) is 16.8. The van der Waals surface area contributed by atoms with Crippen LogP contribution in [0.4, 0.5) is 14.4 Å².